The molecule has 0 saturated carbocycles. The molecule has 0 saturated heterocycles. The van der Waals surface area contributed by atoms with E-state index < -0.39 is 24.1 Å². The third-order valence-electron chi connectivity index (χ3n) is 6.21. The van der Waals surface area contributed by atoms with Gasteiger partial charge in [-0.15, -0.1) is 0 Å². The molecule has 7 heteroatoms. The summed E-state index contributed by atoms with van der Waals surface area (Å²) in [6, 6.07) is 21.4. The van der Waals surface area contributed by atoms with Crippen molar-refractivity contribution in [1.82, 2.24) is 5.32 Å². The van der Waals surface area contributed by atoms with E-state index in [2.05, 4.69) is 17.4 Å². The topological polar surface area (TPSA) is 102 Å². The molecule has 0 bridgehead atoms. The Bertz CT molecular complexity index is 1210. The van der Waals surface area contributed by atoms with E-state index in [1.807, 2.05) is 50.2 Å². The van der Waals surface area contributed by atoms with Crippen molar-refractivity contribution in [3.63, 3.8) is 0 Å². The van der Waals surface area contributed by atoms with Crippen LogP contribution < -0.4 is 5.32 Å². The second-order valence-electron chi connectivity index (χ2n) is 9.26. The molecule has 0 aliphatic heterocycles. The van der Waals surface area contributed by atoms with Crippen LogP contribution >= 0.6 is 0 Å². The number of amides is 1. The number of hydrogen-bond donors (Lipinski definition) is 2. The van der Waals surface area contributed by atoms with Crippen LogP contribution in [0.2, 0.25) is 0 Å². The average molecular weight is 488 g/mol. The molecule has 36 heavy (non-hydrogen) atoms. The number of benzene rings is 3. The molecular weight excluding hydrogens is 458 g/mol. The summed E-state index contributed by atoms with van der Waals surface area (Å²) in [6.45, 7) is 4.02. The maximum absolute atomic E-state index is 12.8. The molecule has 1 aliphatic carbocycles. The summed E-state index contributed by atoms with van der Waals surface area (Å²) in [5.41, 5.74) is 5.30. The second kappa shape index (κ2) is 11.1. The number of aromatic carboxylic acids is 1. The highest BCUT2D eigenvalue weighted by Crippen LogP contribution is 2.44. The second-order valence-corrected chi connectivity index (χ2v) is 9.26. The Kier molecular flexibility index (Phi) is 7.68. The monoisotopic (exact) mass is 487 g/mol. The normalized spacial score (nSPS) is 13.0. The number of carboxylic acid groups (broad SMARTS) is 1. The number of rotatable bonds is 9. The fourth-order valence-corrected chi connectivity index (χ4v) is 4.47. The predicted octanol–water partition coefficient (Wildman–Crippen LogP) is 5.38. The van der Waals surface area contributed by atoms with E-state index in [4.69, 9.17) is 14.6 Å². The van der Waals surface area contributed by atoms with Crippen LogP contribution in [-0.2, 0) is 20.9 Å². The fraction of sp³-hybridized carbons (Fsp3) is 0.276. The van der Waals surface area contributed by atoms with Crippen molar-refractivity contribution < 1.29 is 29.0 Å². The molecule has 1 aliphatic rings. The van der Waals surface area contributed by atoms with Crippen molar-refractivity contribution >= 4 is 18.0 Å². The van der Waals surface area contributed by atoms with Gasteiger partial charge in [0.05, 0.1) is 5.56 Å². The van der Waals surface area contributed by atoms with Crippen LogP contribution in [0.5, 0.6) is 0 Å². The zero-order valence-electron chi connectivity index (χ0n) is 20.3. The van der Waals surface area contributed by atoms with Crippen LogP contribution in [0.15, 0.2) is 72.8 Å². The predicted molar refractivity (Wildman–Crippen MR) is 135 cm³/mol. The third-order valence-corrected chi connectivity index (χ3v) is 6.21. The number of alkyl carbamates (subject to hydrolysis) is 1. The van der Waals surface area contributed by atoms with Gasteiger partial charge in [0.1, 0.15) is 19.3 Å². The number of ether oxygens (including phenoxy) is 2. The van der Waals surface area contributed by atoms with E-state index in [0.717, 1.165) is 22.3 Å². The van der Waals surface area contributed by atoms with Crippen molar-refractivity contribution in [2.45, 2.75) is 38.8 Å². The van der Waals surface area contributed by atoms with Gasteiger partial charge in [-0.3, -0.25) is 0 Å². The van der Waals surface area contributed by atoms with Crippen LogP contribution in [0.25, 0.3) is 11.1 Å². The molecule has 0 spiro atoms. The molecule has 3 aromatic rings. The van der Waals surface area contributed by atoms with Gasteiger partial charge in [-0.2, -0.15) is 0 Å². The van der Waals surface area contributed by atoms with E-state index in [1.165, 1.54) is 12.1 Å². The van der Waals surface area contributed by atoms with Crippen molar-refractivity contribution in [2.75, 3.05) is 6.61 Å². The van der Waals surface area contributed by atoms with Gasteiger partial charge < -0.3 is 19.9 Å². The molecular formula is C29H29NO6. The fourth-order valence-electron chi connectivity index (χ4n) is 4.47. The zero-order chi connectivity index (χ0) is 25.7. The van der Waals surface area contributed by atoms with Crippen molar-refractivity contribution in [2.24, 2.45) is 5.92 Å². The highest BCUT2D eigenvalue weighted by atomic mass is 16.6. The zero-order valence-corrected chi connectivity index (χ0v) is 20.3. The highest BCUT2D eigenvalue weighted by Gasteiger charge is 2.30. The first-order valence-corrected chi connectivity index (χ1v) is 11.9. The summed E-state index contributed by atoms with van der Waals surface area (Å²) in [7, 11) is 0. The smallest absolute Gasteiger partial charge is 0.407 e. The Hall–Kier alpha value is -4.13. The molecule has 0 fully saturated rings. The molecule has 7 nitrogen and oxygen atoms in total. The lowest BCUT2D eigenvalue weighted by Gasteiger charge is -2.20. The van der Waals surface area contributed by atoms with Gasteiger partial charge in [0, 0.05) is 5.92 Å². The minimum atomic E-state index is -1.03. The molecule has 0 radical (unpaired) electrons. The Labute approximate surface area is 210 Å². The number of carbonyl (C=O) groups is 3. The first kappa shape index (κ1) is 25.0. The van der Waals surface area contributed by atoms with Gasteiger partial charge >= 0.3 is 18.0 Å². The summed E-state index contributed by atoms with van der Waals surface area (Å²) in [4.78, 5) is 36.5. The lowest BCUT2D eigenvalue weighted by Crippen LogP contribution is -2.43. The molecule has 2 N–H and O–H groups in total. The van der Waals surface area contributed by atoms with E-state index in [0.29, 0.717) is 12.0 Å². The summed E-state index contributed by atoms with van der Waals surface area (Å²) < 4.78 is 11.0. The van der Waals surface area contributed by atoms with E-state index >= 15 is 0 Å². The van der Waals surface area contributed by atoms with Gasteiger partial charge in [0.25, 0.3) is 0 Å². The van der Waals surface area contributed by atoms with Gasteiger partial charge in [-0.05, 0) is 52.3 Å². The molecule has 1 amide bonds. The largest absolute Gasteiger partial charge is 0.478 e. The summed E-state index contributed by atoms with van der Waals surface area (Å²) in [5.74, 6) is -1.54. The van der Waals surface area contributed by atoms with Gasteiger partial charge in [0.15, 0.2) is 0 Å². The molecule has 186 valence electrons. The van der Waals surface area contributed by atoms with E-state index in [-0.39, 0.29) is 30.6 Å². The van der Waals surface area contributed by atoms with E-state index in [9.17, 15) is 14.4 Å². The SMILES string of the molecule is CC(C)C[C@H](NC(=O)OCC1c2ccccc2-c2ccccc21)C(=O)OCc1ccc(C(=O)O)cc1. The summed E-state index contributed by atoms with van der Waals surface area (Å²) in [5, 5.41) is 11.7. The minimum absolute atomic E-state index is 0.0281. The molecule has 4 rings (SSSR count). The number of hydrogen-bond acceptors (Lipinski definition) is 5. The number of carbonyl (C=O) groups excluding carboxylic acids is 2. The molecule has 0 aromatic heterocycles. The van der Waals surface area contributed by atoms with Gasteiger partial charge in [-0.25, -0.2) is 14.4 Å². The Morgan fingerprint density at radius 3 is 2.00 bits per heavy atom. The van der Waals surface area contributed by atoms with Crippen molar-refractivity contribution in [3.05, 3.63) is 95.1 Å². The van der Waals surface area contributed by atoms with Crippen LogP contribution in [0, 0.1) is 5.92 Å². The third kappa shape index (κ3) is 5.74. The number of fused-ring (bicyclic) bond motifs is 3. The lowest BCUT2D eigenvalue weighted by molar-refractivity contribution is -0.147. The molecule has 0 heterocycles. The quantitative estimate of drug-likeness (QED) is 0.393. The maximum atomic E-state index is 12.8. The molecule has 0 unspecified atom stereocenters. The van der Waals surface area contributed by atoms with Crippen molar-refractivity contribution in [1.29, 1.82) is 0 Å². The maximum Gasteiger partial charge on any atom is 0.407 e. The summed E-state index contributed by atoms with van der Waals surface area (Å²) >= 11 is 0. The standard InChI is InChI=1S/C29H29NO6/c1-18(2)15-26(28(33)35-16-19-11-13-20(14-12-19)27(31)32)30-29(34)36-17-25-23-9-5-3-7-21(23)22-8-4-6-10-24(22)25/h3-14,18,25-26H,15-17H2,1-2H3,(H,30,34)(H,31,32)/t26-/m0/s1. The highest BCUT2D eigenvalue weighted by molar-refractivity contribution is 5.87. The van der Waals surface area contributed by atoms with Gasteiger partial charge in [0.2, 0.25) is 0 Å². The van der Waals surface area contributed by atoms with Crippen LogP contribution in [0.1, 0.15) is 53.2 Å². The minimum Gasteiger partial charge on any atom is -0.478 e. The van der Waals surface area contributed by atoms with E-state index in [1.54, 1.807) is 12.1 Å². The number of carboxylic acids is 1. The summed E-state index contributed by atoms with van der Waals surface area (Å²) in [6.07, 6.45) is -0.286. The Balaban J connectivity index is 1.36. The number of nitrogens with one attached hydrogen (secondary N) is 1. The van der Waals surface area contributed by atoms with Crippen LogP contribution in [-0.4, -0.2) is 35.8 Å². The first-order valence-electron chi connectivity index (χ1n) is 11.9. The Morgan fingerprint density at radius 1 is 0.861 bits per heavy atom. The van der Waals surface area contributed by atoms with Crippen LogP contribution in [0.4, 0.5) is 4.79 Å². The number of esters is 1. The van der Waals surface area contributed by atoms with Gasteiger partial charge in [-0.1, -0.05) is 74.5 Å². The lowest BCUT2D eigenvalue weighted by atomic mass is 9.98. The first-order chi connectivity index (χ1) is 17.3. The Morgan fingerprint density at radius 2 is 1.44 bits per heavy atom. The average Bonchev–Trinajstić information content (AvgIpc) is 3.19. The molecule has 1 atom stereocenters. The molecule has 3 aromatic carbocycles. The van der Waals surface area contributed by atoms with Crippen LogP contribution in [0.3, 0.4) is 0 Å². The van der Waals surface area contributed by atoms with Crippen molar-refractivity contribution in [3.8, 4) is 11.1 Å².